The fraction of sp³-hybridized carbons (Fsp3) is 1.00. The summed E-state index contributed by atoms with van der Waals surface area (Å²) in [6, 6.07) is 0.211. The van der Waals surface area contributed by atoms with Crippen LogP contribution in [0.5, 0.6) is 0 Å². The molecule has 0 bridgehead atoms. The number of halogens is 2. The van der Waals surface area contributed by atoms with Gasteiger partial charge in [0, 0.05) is 18.0 Å². The molecule has 1 heterocycles. The molecule has 1 N–H and O–H groups in total. The van der Waals surface area contributed by atoms with Crippen molar-refractivity contribution in [3.63, 3.8) is 0 Å². The van der Waals surface area contributed by atoms with E-state index >= 15 is 0 Å². The SMILES string of the molecule is CC1NCCOC12CC(CF)(CF)C2. The number of alkyl halides is 2. The zero-order valence-corrected chi connectivity index (χ0v) is 8.48. The third kappa shape index (κ3) is 1.36. The topological polar surface area (TPSA) is 21.3 Å². The highest BCUT2D eigenvalue weighted by atomic mass is 19.1. The summed E-state index contributed by atoms with van der Waals surface area (Å²) in [4.78, 5) is 0. The third-order valence-electron chi connectivity index (χ3n) is 3.65. The quantitative estimate of drug-likeness (QED) is 0.736. The van der Waals surface area contributed by atoms with Crippen LogP contribution in [0.2, 0.25) is 0 Å². The van der Waals surface area contributed by atoms with Crippen LogP contribution in [0.3, 0.4) is 0 Å². The second-order valence-electron chi connectivity index (χ2n) is 4.71. The van der Waals surface area contributed by atoms with Gasteiger partial charge >= 0.3 is 0 Å². The van der Waals surface area contributed by atoms with Crippen molar-refractivity contribution in [1.29, 1.82) is 0 Å². The zero-order valence-electron chi connectivity index (χ0n) is 8.48. The van der Waals surface area contributed by atoms with Crippen molar-refractivity contribution in [2.75, 3.05) is 26.5 Å². The molecule has 2 rings (SSSR count). The van der Waals surface area contributed by atoms with E-state index in [0.29, 0.717) is 19.4 Å². The molecule has 1 aliphatic carbocycles. The van der Waals surface area contributed by atoms with Crippen LogP contribution in [-0.4, -0.2) is 38.1 Å². The van der Waals surface area contributed by atoms with Crippen LogP contribution in [0, 0.1) is 5.41 Å². The van der Waals surface area contributed by atoms with Crippen LogP contribution < -0.4 is 5.32 Å². The summed E-state index contributed by atoms with van der Waals surface area (Å²) in [6.07, 6.45) is 1.03. The van der Waals surface area contributed by atoms with Crippen molar-refractivity contribution in [2.24, 2.45) is 5.41 Å². The average molecular weight is 205 g/mol. The number of nitrogens with one attached hydrogen (secondary N) is 1. The van der Waals surface area contributed by atoms with E-state index in [1.807, 2.05) is 6.92 Å². The first kappa shape index (κ1) is 10.3. The Hall–Kier alpha value is -0.220. The molecule has 14 heavy (non-hydrogen) atoms. The molecule has 82 valence electrons. The molecule has 1 atom stereocenters. The van der Waals surface area contributed by atoms with Crippen LogP contribution in [0.1, 0.15) is 19.8 Å². The molecular formula is C10H17F2NO. The van der Waals surface area contributed by atoms with Gasteiger partial charge in [0.25, 0.3) is 0 Å². The lowest BCUT2D eigenvalue weighted by Crippen LogP contribution is -2.67. The van der Waals surface area contributed by atoms with Crippen LogP contribution in [0.25, 0.3) is 0 Å². The first-order chi connectivity index (χ1) is 6.66. The van der Waals surface area contributed by atoms with Gasteiger partial charge in [-0.15, -0.1) is 0 Å². The van der Waals surface area contributed by atoms with E-state index in [0.717, 1.165) is 6.54 Å². The predicted octanol–water partition coefficient (Wildman–Crippen LogP) is 1.45. The normalized spacial score (nSPS) is 34.1. The maximum absolute atomic E-state index is 12.6. The van der Waals surface area contributed by atoms with Gasteiger partial charge in [-0.2, -0.15) is 0 Å². The first-order valence-corrected chi connectivity index (χ1v) is 5.16. The van der Waals surface area contributed by atoms with Crippen molar-refractivity contribution in [3.8, 4) is 0 Å². The van der Waals surface area contributed by atoms with E-state index in [2.05, 4.69) is 5.32 Å². The van der Waals surface area contributed by atoms with Gasteiger partial charge in [-0.05, 0) is 19.8 Å². The van der Waals surface area contributed by atoms with Crippen molar-refractivity contribution in [3.05, 3.63) is 0 Å². The molecule has 0 radical (unpaired) electrons. The van der Waals surface area contributed by atoms with Gasteiger partial charge in [0.15, 0.2) is 0 Å². The molecule has 1 aliphatic heterocycles. The second kappa shape index (κ2) is 3.42. The third-order valence-corrected chi connectivity index (χ3v) is 3.65. The van der Waals surface area contributed by atoms with E-state index in [-0.39, 0.29) is 11.6 Å². The Morgan fingerprint density at radius 3 is 2.50 bits per heavy atom. The Balaban J connectivity index is 2.01. The van der Waals surface area contributed by atoms with Crippen LogP contribution in [0.4, 0.5) is 8.78 Å². The van der Waals surface area contributed by atoms with Gasteiger partial charge in [-0.25, -0.2) is 0 Å². The summed E-state index contributed by atoms with van der Waals surface area (Å²) in [5.74, 6) is 0. The highest BCUT2D eigenvalue weighted by Gasteiger charge is 2.59. The minimum Gasteiger partial charge on any atom is -0.372 e. The maximum atomic E-state index is 12.6. The van der Waals surface area contributed by atoms with Crippen molar-refractivity contribution in [2.45, 2.75) is 31.4 Å². The Kier molecular flexibility index (Phi) is 2.52. The molecule has 1 saturated carbocycles. The van der Waals surface area contributed by atoms with Gasteiger partial charge in [-0.1, -0.05) is 0 Å². The van der Waals surface area contributed by atoms with E-state index in [1.165, 1.54) is 0 Å². The molecule has 0 amide bonds. The van der Waals surface area contributed by atoms with Crippen LogP contribution in [0.15, 0.2) is 0 Å². The molecule has 1 spiro atoms. The molecule has 4 heteroatoms. The standard InChI is InChI=1S/C10H17F2NO/c1-8-10(14-3-2-13-8)4-9(5-10,6-11)7-12/h8,13H,2-7H2,1H3. The lowest BCUT2D eigenvalue weighted by Gasteiger charge is -2.58. The van der Waals surface area contributed by atoms with Gasteiger partial charge in [0.05, 0.1) is 25.6 Å². The number of hydrogen-bond donors (Lipinski definition) is 1. The molecule has 0 aromatic carbocycles. The Morgan fingerprint density at radius 2 is 2.00 bits per heavy atom. The average Bonchev–Trinajstić information content (AvgIpc) is 2.16. The van der Waals surface area contributed by atoms with E-state index in [4.69, 9.17) is 4.74 Å². The van der Waals surface area contributed by atoms with Gasteiger partial charge < -0.3 is 10.1 Å². The van der Waals surface area contributed by atoms with Gasteiger partial charge in [-0.3, -0.25) is 8.78 Å². The molecule has 0 aromatic heterocycles. The molecular weight excluding hydrogens is 188 g/mol. The van der Waals surface area contributed by atoms with Gasteiger partial charge in [0.1, 0.15) is 0 Å². The molecule has 2 nitrogen and oxygen atoms in total. The van der Waals surface area contributed by atoms with Crippen molar-refractivity contribution >= 4 is 0 Å². The summed E-state index contributed by atoms with van der Waals surface area (Å²) in [5.41, 5.74) is -1.04. The summed E-state index contributed by atoms with van der Waals surface area (Å²) < 4.78 is 31.0. The minimum absolute atomic E-state index is 0.211. The summed E-state index contributed by atoms with van der Waals surface area (Å²) in [6.45, 7) is 2.38. The fourth-order valence-corrected chi connectivity index (χ4v) is 2.69. The fourth-order valence-electron chi connectivity index (χ4n) is 2.69. The molecule has 1 unspecified atom stereocenters. The minimum atomic E-state index is -0.743. The molecule has 1 saturated heterocycles. The zero-order chi connectivity index (χ0) is 10.2. The first-order valence-electron chi connectivity index (χ1n) is 5.16. The van der Waals surface area contributed by atoms with E-state index in [9.17, 15) is 8.78 Å². The van der Waals surface area contributed by atoms with Gasteiger partial charge in [0.2, 0.25) is 0 Å². The van der Waals surface area contributed by atoms with Crippen molar-refractivity contribution < 1.29 is 13.5 Å². The lowest BCUT2D eigenvalue weighted by atomic mass is 9.57. The number of morpholine rings is 1. The largest absolute Gasteiger partial charge is 0.372 e. The molecule has 0 aromatic rings. The van der Waals surface area contributed by atoms with E-state index < -0.39 is 18.8 Å². The van der Waals surface area contributed by atoms with Crippen LogP contribution >= 0.6 is 0 Å². The van der Waals surface area contributed by atoms with Crippen LogP contribution in [-0.2, 0) is 4.74 Å². The van der Waals surface area contributed by atoms with E-state index in [1.54, 1.807) is 0 Å². The Morgan fingerprint density at radius 1 is 1.36 bits per heavy atom. The number of hydrogen-bond acceptors (Lipinski definition) is 2. The Labute approximate surface area is 83.0 Å². The molecule has 2 fully saturated rings. The lowest BCUT2D eigenvalue weighted by molar-refractivity contribution is -0.208. The summed E-state index contributed by atoms with van der Waals surface area (Å²) in [5, 5.41) is 3.29. The monoisotopic (exact) mass is 205 g/mol. The maximum Gasteiger partial charge on any atom is 0.0977 e. The summed E-state index contributed by atoms with van der Waals surface area (Å²) in [7, 11) is 0. The smallest absolute Gasteiger partial charge is 0.0977 e. The number of rotatable bonds is 2. The van der Waals surface area contributed by atoms with Crippen molar-refractivity contribution in [1.82, 2.24) is 5.32 Å². The Bertz CT molecular complexity index is 210. The molecule has 2 aliphatic rings. The highest BCUT2D eigenvalue weighted by molar-refractivity contribution is 5.10. The summed E-state index contributed by atoms with van der Waals surface area (Å²) >= 11 is 0. The number of ether oxygens (including phenoxy) is 1. The highest BCUT2D eigenvalue weighted by Crippen LogP contribution is 2.53. The second-order valence-corrected chi connectivity index (χ2v) is 4.71. The predicted molar refractivity (Wildman–Crippen MR) is 49.8 cm³/mol.